The topological polar surface area (TPSA) is 12.0 Å². The van der Waals surface area contributed by atoms with Gasteiger partial charge >= 0.3 is 0 Å². The van der Waals surface area contributed by atoms with Crippen LogP contribution in [0.1, 0.15) is 32.8 Å². The molecule has 0 radical (unpaired) electrons. The Kier molecular flexibility index (Phi) is 6.37. The molecule has 100 valence electrons. The summed E-state index contributed by atoms with van der Waals surface area (Å²) in [6.07, 6.45) is 3.15. The zero-order chi connectivity index (χ0) is 13.5. The highest BCUT2D eigenvalue weighted by molar-refractivity contribution is 6.30. The fraction of sp³-hybridized carbons (Fsp3) is 0.467. The molecule has 0 fully saturated rings. The van der Waals surface area contributed by atoms with E-state index in [1.807, 2.05) is 12.1 Å². The molecular weight excluding hydrogens is 249 g/mol. The van der Waals surface area contributed by atoms with Crippen LogP contribution in [0, 0.1) is 11.7 Å². The van der Waals surface area contributed by atoms with Crippen LogP contribution in [-0.2, 0) is 0 Å². The number of rotatable bonds is 6. The summed E-state index contributed by atoms with van der Waals surface area (Å²) in [5.74, 6) is 0.0723. The number of hydrogen-bond donors (Lipinski definition) is 1. The first-order valence-corrected chi connectivity index (χ1v) is 6.78. The number of benzene rings is 1. The lowest BCUT2D eigenvalue weighted by atomic mass is 10.00. The summed E-state index contributed by atoms with van der Waals surface area (Å²) in [6.45, 7) is 8.27. The van der Waals surface area contributed by atoms with Gasteiger partial charge in [0.25, 0.3) is 0 Å². The van der Waals surface area contributed by atoms with Gasteiger partial charge in [-0.1, -0.05) is 50.1 Å². The van der Waals surface area contributed by atoms with Crippen molar-refractivity contribution in [3.8, 4) is 0 Å². The van der Waals surface area contributed by atoms with E-state index < -0.39 is 0 Å². The zero-order valence-corrected chi connectivity index (χ0v) is 12.0. The van der Waals surface area contributed by atoms with Crippen LogP contribution in [0.3, 0.4) is 0 Å². The lowest BCUT2D eigenvalue weighted by molar-refractivity contribution is 0.627. The molecule has 0 bridgehead atoms. The summed E-state index contributed by atoms with van der Waals surface area (Å²) < 4.78 is 13.4. The molecule has 0 aliphatic heterocycles. The highest BCUT2D eigenvalue weighted by Crippen LogP contribution is 2.19. The molecule has 0 unspecified atom stereocenters. The van der Waals surface area contributed by atoms with Crippen LogP contribution in [0.5, 0.6) is 0 Å². The first-order chi connectivity index (χ1) is 8.54. The Balaban J connectivity index is 2.83. The molecule has 0 aliphatic carbocycles. The summed E-state index contributed by atoms with van der Waals surface area (Å²) in [5, 5.41) is 3.54. The van der Waals surface area contributed by atoms with Crippen molar-refractivity contribution < 1.29 is 4.39 Å². The van der Waals surface area contributed by atoms with Crippen LogP contribution in [0.4, 0.5) is 4.39 Å². The van der Waals surface area contributed by atoms with Crippen molar-refractivity contribution in [1.82, 2.24) is 5.32 Å². The quantitative estimate of drug-likeness (QED) is 0.749. The maximum atomic E-state index is 13.4. The minimum atomic E-state index is -0.366. The summed E-state index contributed by atoms with van der Waals surface area (Å²) >= 11 is 5.67. The molecular formula is C15H21ClFN. The third-order valence-electron chi connectivity index (χ3n) is 2.79. The van der Waals surface area contributed by atoms with E-state index in [-0.39, 0.29) is 10.8 Å². The smallest absolute Gasteiger partial charge is 0.142 e. The lowest BCUT2D eigenvalue weighted by Crippen LogP contribution is -2.19. The second-order valence-electron chi connectivity index (χ2n) is 4.72. The van der Waals surface area contributed by atoms with Gasteiger partial charge in [-0.3, -0.25) is 0 Å². The summed E-state index contributed by atoms with van der Waals surface area (Å²) in [4.78, 5) is 0. The predicted octanol–water partition coefficient (Wildman–Crippen LogP) is 4.52. The van der Waals surface area contributed by atoms with Crippen molar-refractivity contribution in [3.63, 3.8) is 0 Å². The van der Waals surface area contributed by atoms with Gasteiger partial charge in [0.1, 0.15) is 5.82 Å². The molecule has 0 atom stereocenters. The maximum absolute atomic E-state index is 13.4. The molecule has 0 spiro atoms. The van der Waals surface area contributed by atoms with E-state index in [1.165, 1.54) is 11.6 Å². The van der Waals surface area contributed by atoms with Gasteiger partial charge in [0.15, 0.2) is 0 Å². The van der Waals surface area contributed by atoms with Crippen molar-refractivity contribution >= 4 is 17.7 Å². The van der Waals surface area contributed by atoms with Gasteiger partial charge in [0.2, 0.25) is 0 Å². The van der Waals surface area contributed by atoms with E-state index in [9.17, 15) is 4.39 Å². The minimum Gasteiger partial charge on any atom is -0.313 e. The number of hydrogen-bond acceptors (Lipinski definition) is 1. The normalized spacial score (nSPS) is 12.2. The summed E-state index contributed by atoms with van der Waals surface area (Å²) in [5.41, 5.74) is 2.13. The Morgan fingerprint density at radius 1 is 1.44 bits per heavy atom. The fourth-order valence-electron chi connectivity index (χ4n) is 1.65. The van der Waals surface area contributed by atoms with Crippen molar-refractivity contribution in [2.45, 2.75) is 27.2 Å². The molecule has 0 saturated heterocycles. The van der Waals surface area contributed by atoms with Gasteiger partial charge in [-0.15, -0.1) is 0 Å². The highest BCUT2D eigenvalue weighted by atomic mass is 35.5. The molecule has 3 heteroatoms. The first kappa shape index (κ1) is 15.2. The monoisotopic (exact) mass is 269 g/mol. The van der Waals surface area contributed by atoms with Gasteiger partial charge in [0.05, 0.1) is 5.02 Å². The number of nitrogens with one attached hydrogen (secondary N) is 1. The molecule has 1 aromatic rings. The van der Waals surface area contributed by atoms with E-state index in [2.05, 4.69) is 26.1 Å². The molecule has 0 aliphatic rings. The van der Waals surface area contributed by atoms with E-state index >= 15 is 0 Å². The predicted molar refractivity (Wildman–Crippen MR) is 77.4 cm³/mol. The van der Waals surface area contributed by atoms with Crippen LogP contribution < -0.4 is 5.32 Å². The Bertz CT molecular complexity index is 413. The Labute approximate surface area is 114 Å². The first-order valence-electron chi connectivity index (χ1n) is 6.40. The Hall–Kier alpha value is -0.860. The molecule has 1 N–H and O–H groups in total. The van der Waals surface area contributed by atoms with Crippen LogP contribution in [0.2, 0.25) is 5.02 Å². The largest absolute Gasteiger partial charge is 0.313 e. The molecule has 1 rings (SSSR count). The third kappa shape index (κ3) is 4.79. The van der Waals surface area contributed by atoms with E-state index in [1.54, 1.807) is 6.07 Å². The average Bonchev–Trinajstić information content (AvgIpc) is 2.32. The standard InChI is InChI=1S/C15H21ClFN/c1-4-7-18-10-13(11(2)3)8-12-5-6-14(16)15(17)9-12/h5-6,8-9,11,18H,4,7,10H2,1-3H3. The van der Waals surface area contributed by atoms with Gasteiger partial charge in [-0.25, -0.2) is 4.39 Å². The van der Waals surface area contributed by atoms with Crippen molar-refractivity contribution in [1.29, 1.82) is 0 Å². The Morgan fingerprint density at radius 2 is 2.17 bits per heavy atom. The molecule has 0 saturated carbocycles. The zero-order valence-electron chi connectivity index (χ0n) is 11.3. The van der Waals surface area contributed by atoms with Crippen molar-refractivity contribution in [2.24, 2.45) is 5.92 Å². The van der Waals surface area contributed by atoms with Crippen LogP contribution in [0.25, 0.3) is 6.08 Å². The SMILES string of the molecule is CCCNCC(=Cc1ccc(Cl)c(F)c1)C(C)C. The molecule has 0 aromatic heterocycles. The van der Waals surface area contributed by atoms with Crippen LogP contribution in [0.15, 0.2) is 23.8 Å². The maximum Gasteiger partial charge on any atom is 0.142 e. The highest BCUT2D eigenvalue weighted by Gasteiger charge is 2.05. The van der Waals surface area contributed by atoms with Crippen LogP contribution in [-0.4, -0.2) is 13.1 Å². The van der Waals surface area contributed by atoms with E-state index in [0.29, 0.717) is 5.92 Å². The Morgan fingerprint density at radius 3 is 2.72 bits per heavy atom. The van der Waals surface area contributed by atoms with Crippen molar-refractivity contribution in [3.05, 3.63) is 40.2 Å². The van der Waals surface area contributed by atoms with E-state index in [4.69, 9.17) is 11.6 Å². The van der Waals surface area contributed by atoms with Gasteiger partial charge < -0.3 is 5.32 Å². The summed E-state index contributed by atoms with van der Waals surface area (Å²) in [7, 11) is 0. The van der Waals surface area contributed by atoms with Gasteiger partial charge in [-0.05, 0) is 36.6 Å². The second-order valence-corrected chi connectivity index (χ2v) is 5.13. The number of halogens is 2. The molecule has 1 aromatic carbocycles. The minimum absolute atomic E-state index is 0.169. The molecule has 18 heavy (non-hydrogen) atoms. The molecule has 0 amide bonds. The van der Waals surface area contributed by atoms with Crippen LogP contribution >= 0.6 is 11.6 Å². The van der Waals surface area contributed by atoms with Crippen molar-refractivity contribution in [2.75, 3.05) is 13.1 Å². The van der Waals surface area contributed by atoms with Gasteiger partial charge in [-0.2, -0.15) is 0 Å². The lowest BCUT2D eigenvalue weighted by Gasteiger charge is -2.12. The van der Waals surface area contributed by atoms with Gasteiger partial charge in [0, 0.05) is 6.54 Å². The molecule has 0 heterocycles. The fourth-order valence-corrected chi connectivity index (χ4v) is 1.77. The van der Waals surface area contributed by atoms with E-state index in [0.717, 1.165) is 25.1 Å². The second kappa shape index (κ2) is 7.55. The average molecular weight is 270 g/mol. The third-order valence-corrected chi connectivity index (χ3v) is 3.10. The molecule has 1 nitrogen and oxygen atoms in total. The summed E-state index contributed by atoms with van der Waals surface area (Å²) in [6, 6.07) is 4.91.